The van der Waals surface area contributed by atoms with E-state index < -0.39 is 5.97 Å². The van der Waals surface area contributed by atoms with E-state index in [0.717, 1.165) is 31.4 Å². The van der Waals surface area contributed by atoms with Crippen molar-refractivity contribution in [2.75, 3.05) is 0 Å². The fourth-order valence-corrected chi connectivity index (χ4v) is 3.08. The lowest BCUT2D eigenvalue weighted by Crippen LogP contribution is -2.20. The fourth-order valence-electron chi connectivity index (χ4n) is 3.08. The van der Waals surface area contributed by atoms with E-state index in [9.17, 15) is 9.90 Å². The Balaban J connectivity index is 1.93. The molecule has 2 aliphatic carbocycles. The minimum absolute atomic E-state index is 0.177. The summed E-state index contributed by atoms with van der Waals surface area (Å²) < 4.78 is 1.93. The van der Waals surface area contributed by atoms with Crippen molar-refractivity contribution in [1.82, 2.24) is 15.0 Å². The summed E-state index contributed by atoms with van der Waals surface area (Å²) in [5.74, 6) is 0.142. The van der Waals surface area contributed by atoms with E-state index in [1.54, 1.807) is 0 Å². The molecule has 2 unspecified atom stereocenters. The molecule has 1 aromatic heterocycles. The highest BCUT2D eigenvalue weighted by Crippen LogP contribution is 2.43. The molecule has 1 aromatic rings. The third-order valence-corrected chi connectivity index (χ3v) is 4.15. The van der Waals surface area contributed by atoms with Crippen molar-refractivity contribution in [2.24, 2.45) is 5.92 Å². The maximum absolute atomic E-state index is 11.2. The van der Waals surface area contributed by atoms with Crippen LogP contribution in [0.15, 0.2) is 0 Å². The van der Waals surface area contributed by atoms with Gasteiger partial charge in [0.05, 0.1) is 11.7 Å². The van der Waals surface area contributed by atoms with Crippen LogP contribution in [0.2, 0.25) is 0 Å². The number of aromatic carboxylic acids is 1. The van der Waals surface area contributed by atoms with Crippen LogP contribution in [0.5, 0.6) is 0 Å². The average molecular weight is 249 g/mol. The monoisotopic (exact) mass is 249 g/mol. The second-order valence-corrected chi connectivity index (χ2v) is 5.77. The second kappa shape index (κ2) is 4.37. The van der Waals surface area contributed by atoms with E-state index in [1.807, 2.05) is 4.68 Å². The van der Waals surface area contributed by atoms with E-state index in [2.05, 4.69) is 17.2 Å². The third kappa shape index (κ3) is 2.02. The number of carbonyl (C=O) groups is 1. The second-order valence-electron chi connectivity index (χ2n) is 5.77. The van der Waals surface area contributed by atoms with Crippen molar-refractivity contribution in [3.63, 3.8) is 0 Å². The van der Waals surface area contributed by atoms with E-state index in [4.69, 9.17) is 0 Å². The van der Waals surface area contributed by atoms with Gasteiger partial charge < -0.3 is 5.11 Å². The van der Waals surface area contributed by atoms with Crippen LogP contribution in [-0.4, -0.2) is 26.1 Å². The van der Waals surface area contributed by atoms with Gasteiger partial charge in [0.2, 0.25) is 0 Å². The molecule has 98 valence electrons. The Kier molecular flexibility index (Phi) is 2.84. The van der Waals surface area contributed by atoms with Crippen LogP contribution in [0, 0.1) is 5.92 Å². The standard InChI is InChI=1S/C13H19N3O2/c1-8-3-2-4-10(7-8)16-12(9-5-6-9)11(13(17)18)14-15-16/h8-10H,2-7H2,1H3,(H,17,18). The molecule has 18 heavy (non-hydrogen) atoms. The van der Waals surface area contributed by atoms with Crippen LogP contribution in [0.1, 0.15) is 73.6 Å². The molecule has 0 spiro atoms. The molecule has 2 aliphatic rings. The quantitative estimate of drug-likeness (QED) is 0.894. The van der Waals surface area contributed by atoms with Gasteiger partial charge in [0.1, 0.15) is 0 Å². The van der Waals surface area contributed by atoms with E-state index in [0.29, 0.717) is 17.9 Å². The zero-order valence-corrected chi connectivity index (χ0v) is 10.7. The number of aromatic nitrogens is 3. The van der Waals surface area contributed by atoms with E-state index in [1.165, 1.54) is 12.8 Å². The summed E-state index contributed by atoms with van der Waals surface area (Å²) in [4.78, 5) is 11.2. The summed E-state index contributed by atoms with van der Waals surface area (Å²) >= 11 is 0. The Bertz CT molecular complexity index is 465. The molecule has 0 radical (unpaired) electrons. The topological polar surface area (TPSA) is 68.0 Å². The smallest absolute Gasteiger partial charge is 0.358 e. The molecule has 2 atom stereocenters. The molecule has 2 saturated carbocycles. The summed E-state index contributed by atoms with van der Waals surface area (Å²) in [5.41, 5.74) is 1.05. The summed E-state index contributed by atoms with van der Waals surface area (Å²) in [5, 5.41) is 17.2. The molecular formula is C13H19N3O2. The van der Waals surface area contributed by atoms with Crippen molar-refractivity contribution < 1.29 is 9.90 Å². The predicted molar refractivity (Wildman–Crippen MR) is 65.6 cm³/mol. The first kappa shape index (κ1) is 11.7. The molecular weight excluding hydrogens is 230 g/mol. The van der Waals surface area contributed by atoms with Crippen LogP contribution < -0.4 is 0 Å². The zero-order chi connectivity index (χ0) is 12.7. The molecule has 2 fully saturated rings. The Hall–Kier alpha value is -1.39. The SMILES string of the molecule is CC1CCCC(n2nnc(C(=O)O)c2C2CC2)C1. The van der Waals surface area contributed by atoms with Crippen LogP contribution in [0.4, 0.5) is 0 Å². The first-order chi connectivity index (χ1) is 8.66. The summed E-state index contributed by atoms with van der Waals surface area (Å²) in [6, 6.07) is 0.352. The van der Waals surface area contributed by atoms with Gasteiger partial charge in [-0.05, 0) is 31.6 Å². The Morgan fingerprint density at radius 1 is 1.33 bits per heavy atom. The normalized spacial score (nSPS) is 28.3. The molecule has 0 aliphatic heterocycles. The molecule has 0 aromatic carbocycles. The van der Waals surface area contributed by atoms with Gasteiger partial charge in [-0.15, -0.1) is 5.10 Å². The van der Waals surface area contributed by atoms with Gasteiger partial charge in [-0.2, -0.15) is 0 Å². The highest BCUT2D eigenvalue weighted by molar-refractivity contribution is 5.86. The first-order valence-electron chi connectivity index (χ1n) is 6.85. The number of nitrogens with zero attached hydrogens (tertiary/aromatic N) is 3. The van der Waals surface area contributed by atoms with Gasteiger partial charge in [0, 0.05) is 5.92 Å². The largest absolute Gasteiger partial charge is 0.476 e. The molecule has 1 heterocycles. The predicted octanol–water partition coefficient (Wildman–Crippen LogP) is 2.60. The average Bonchev–Trinajstić information content (AvgIpc) is 3.07. The number of carboxylic acid groups (broad SMARTS) is 1. The minimum Gasteiger partial charge on any atom is -0.476 e. The number of rotatable bonds is 3. The van der Waals surface area contributed by atoms with Crippen molar-refractivity contribution in [1.29, 1.82) is 0 Å². The van der Waals surface area contributed by atoms with Gasteiger partial charge in [0.25, 0.3) is 0 Å². The van der Waals surface area contributed by atoms with Gasteiger partial charge in [-0.3, -0.25) is 0 Å². The zero-order valence-electron chi connectivity index (χ0n) is 10.7. The summed E-state index contributed by atoms with van der Waals surface area (Å²) in [6.45, 7) is 2.26. The lowest BCUT2D eigenvalue weighted by atomic mass is 9.87. The Morgan fingerprint density at radius 3 is 2.72 bits per heavy atom. The first-order valence-corrected chi connectivity index (χ1v) is 6.85. The van der Waals surface area contributed by atoms with Crippen LogP contribution in [0.3, 0.4) is 0 Å². The van der Waals surface area contributed by atoms with E-state index in [-0.39, 0.29) is 5.69 Å². The molecule has 0 saturated heterocycles. The highest BCUT2D eigenvalue weighted by Gasteiger charge is 2.36. The maximum Gasteiger partial charge on any atom is 0.358 e. The number of carboxylic acids is 1. The fraction of sp³-hybridized carbons (Fsp3) is 0.769. The number of hydrogen-bond donors (Lipinski definition) is 1. The van der Waals surface area contributed by atoms with Crippen molar-refractivity contribution in [3.05, 3.63) is 11.4 Å². The van der Waals surface area contributed by atoms with Gasteiger partial charge in [0.15, 0.2) is 5.69 Å². The maximum atomic E-state index is 11.2. The Labute approximate surface area is 106 Å². The van der Waals surface area contributed by atoms with Crippen LogP contribution in [0.25, 0.3) is 0 Å². The lowest BCUT2D eigenvalue weighted by Gasteiger charge is -2.27. The number of hydrogen-bond acceptors (Lipinski definition) is 3. The molecule has 0 amide bonds. The third-order valence-electron chi connectivity index (χ3n) is 4.15. The molecule has 3 rings (SSSR count). The molecule has 0 bridgehead atoms. The summed E-state index contributed by atoms with van der Waals surface area (Å²) in [6.07, 6.45) is 6.84. The lowest BCUT2D eigenvalue weighted by molar-refractivity contribution is 0.0689. The van der Waals surface area contributed by atoms with Crippen molar-refractivity contribution in [2.45, 2.75) is 57.4 Å². The van der Waals surface area contributed by atoms with Gasteiger partial charge in [-0.1, -0.05) is 25.0 Å². The molecule has 5 heteroatoms. The molecule has 1 N–H and O–H groups in total. The summed E-state index contributed by atoms with van der Waals surface area (Å²) in [7, 11) is 0. The minimum atomic E-state index is -0.938. The van der Waals surface area contributed by atoms with E-state index >= 15 is 0 Å². The van der Waals surface area contributed by atoms with Gasteiger partial charge in [-0.25, -0.2) is 9.48 Å². The van der Waals surface area contributed by atoms with Gasteiger partial charge >= 0.3 is 5.97 Å². The van der Waals surface area contributed by atoms with Crippen LogP contribution in [-0.2, 0) is 0 Å². The van der Waals surface area contributed by atoms with Crippen molar-refractivity contribution in [3.8, 4) is 0 Å². The highest BCUT2D eigenvalue weighted by atomic mass is 16.4. The Morgan fingerprint density at radius 2 is 2.11 bits per heavy atom. The molecule has 5 nitrogen and oxygen atoms in total. The van der Waals surface area contributed by atoms with Crippen molar-refractivity contribution >= 4 is 5.97 Å². The van der Waals surface area contributed by atoms with Crippen LogP contribution >= 0.6 is 0 Å².